The molecule has 0 fully saturated rings. The fourth-order valence-corrected chi connectivity index (χ4v) is 1.98. The van der Waals surface area contributed by atoms with Gasteiger partial charge in [0, 0.05) is 10.7 Å². The first-order valence-electron chi connectivity index (χ1n) is 4.57. The molecule has 0 aliphatic heterocycles. The standard InChI is InChI=1S/C12H10BrNO/c1-15-11-7-4-5-9(13)12(11)10-6-2-3-8-14-10/h2-8H,1H3. The van der Waals surface area contributed by atoms with Gasteiger partial charge in [-0.2, -0.15) is 0 Å². The molecule has 0 aliphatic carbocycles. The minimum Gasteiger partial charge on any atom is -0.496 e. The topological polar surface area (TPSA) is 22.1 Å². The smallest absolute Gasteiger partial charge is 0.129 e. The zero-order chi connectivity index (χ0) is 10.7. The predicted octanol–water partition coefficient (Wildman–Crippen LogP) is 3.52. The van der Waals surface area contributed by atoms with Gasteiger partial charge in [0.1, 0.15) is 5.75 Å². The summed E-state index contributed by atoms with van der Waals surface area (Å²) in [6.45, 7) is 0. The average Bonchev–Trinajstić information content (AvgIpc) is 2.29. The first kappa shape index (κ1) is 10.2. The summed E-state index contributed by atoms with van der Waals surface area (Å²) >= 11 is 3.50. The van der Waals surface area contributed by atoms with Crippen LogP contribution in [0.1, 0.15) is 0 Å². The molecule has 0 spiro atoms. The van der Waals surface area contributed by atoms with Gasteiger partial charge in [-0.1, -0.05) is 12.1 Å². The second-order valence-corrected chi connectivity index (χ2v) is 3.89. The maximum Gasteiger partial charge on any atom is 0.129 e. The van der Waals surface area contributed by atoms with Crippen molar-refractivity contribution >= 4 is 15.9 Å². The van der Waals surface area contributed by atoms with Crippen molar-refractivity contribution in [1.29, 1.82) is 0 Å². The Morgan fingerprint density at radius 2 is 2.00 bits per heavy atom. The van der Waals surface area contributed by atoms with Crippen LogP contribution in [0, 0.1) is 0 Å². The lowest BCUT2D eigenvalue weighted by Gasteiger charge is -2.09. The summed E-state index contributed by atoms with van der Waals surface area (Å²) in [6, 6.07) is 11.7. The molecule has 0 unspecified atom stereocenters. The molecule has 0 bridgehead atoms. The lowest BCUT2D eigenvalue weighted by Crippen LogP contribution is -1.90. The predicted molar refractivity (Wildman–Crippen MR) is 63.9 cm³/mol. The van der Waals surface area contributed by atoms with Crippen LogP contribution in [-0.4, -0.2) is 12.1 Å². The molecule has 1 aromatic carbocycles. The SMILES string of the molecule is COc1cccc(Br)c1-c1ccccn1. The van der Waals surface area contributed by atoms with Crippen LogP contribution in [0.15, 0.2) is 47.1 Å². The minimum atomic E-state index is 0.822. The second-order valence-electron chi connectivity index (χ2n) is 3.03. The lowest BCUT2D eigenvalue weighted by atomic mass is 10.1. The Hall–Kier alpha value is -1.35. The van der Waals surface area contributed by atoms with E-state index >= 15 is 0 Å². The van der Waals surface area contributed by atoms with E-state index in [9.17, 15) is 0 Å². The Morgan fingerprint density at radius 1 is 1.13 bits per heavy atom. The maximum atomic E-state index is 5.31. The first-order chi connectivity index (χ1) is 7.33. The molecule has 0 radical (unpaired) electrons. The second kappa shape index (κ2) is 4.45. The van der Waals surface area contributed by atoms with E-state index in [0.29, 0.717) is 0 Å². The number of hydrogen-bond donors (Lipinski definition) is 0. The van der Waals surface area contributed by atoms with Gasteiger partial charge in [0.25, 0.3) is 0 Å². The van der Waals surface area contributed by atoms with E-state index in [1.807, 2.05) is 36.4 Å². The summed E-state index contributed by atoms with van der Waals surface area (Å²) in [5.41, 5.74) is 1.89. The largest absolute Gasteiger partial charge is 0.496 e. The number of ether oxygens (including phenoxy) is 1. The minimum absolute atomic E-state index is 0.822. The van der Waals surface area contributed by atoms with E-state index in [1.54, 1.807) is 13.3 Å². The summed E-state index contributed by atoms with van der Waals surface area (Å²) in [5, 5.41) is 0. The van der Waals surface area contributed by atoms with Gasteiger partial charge in [-0.3, -0.25) is 4.98 Å². The molecule has 2 aromatic rings. The number of benzene rings is 1. The van der Waals surface area contributed by atoms with Crippen LogP contribution in [-0.2, 0) is 0 Å². The van der Waals surface area contributed by atoms with E-state index in [4.69, 9.17) is 4.74 Å². The van der Waals surface area contributed by atoms with E-state index < -0.39 is 0 Å². The molecular weight excluding hydrogens is 254 g/mol. The van der Waals surface area contributed by atoms with E-state index in [2.05, 4.69) is 20.9 Å². The van der Waals surface area contributed by atoms with Crippen molar-refractivity contribution in [2.45, 2.75) is 0 Å². The summed E-state index contributed by atoms with van der Waals surface area (Å²) in [4.78, 5) is 4.31. The number of halogens is 1. The fourth-order valence-electron chi connectivity index (χ4n) is 1.43. The Kier molecular flexibility index (Phi) is 3.02. The number of pyridine rings is 1. The Bertz CT molecular complexity index is 456. The highest BCUT2D eigenvalue weighted by Gasteiger charge is 2.09. The normalized spacial score (nSPS) is 10.0. The Morgan fingerprint density at radius 3 is 2.67 bits per heavy atom. The van der Waals surface area contributed by atoms with Crippen LogP contribution in [0.25, 0.3) is 11.3 Å². The van der Waals surface area contributed by atoms with Gasteiger partial charge >= 0.3 is 0 Å². The summed E-state index contributed by atoms with van der Waals surface area (Å²) in [5.74, 6) is 0.822. The molecule has 2 nitrogen and oxygen atoms in total. The number of hydrogen-bond acceptors (Lipinski definition) is 2. The van der Waals surface area contributed by atoms with Crippen molar-refractivity contribution in [2.75, 3.05) is 7.11 Å². The molecule has 1 aromatic heterocycles. The van der Waals surface area contributed by atoms with Gasteiger partial charge in [-0.25, -0.2) is 0 Å². The molecule has 1 heterocycles. The Balaban J connectivity index is 2.61. The molecular formula is C12H10BrNO. The van der Waals surface area contributed by atoms with Gasteiger partial charge in [0.2, 0.25) is 0 Å². The molecule has 3 heteroatoms. The molecule has 0 saturated heterocycles. The number of rotatable bonds is 2. The third-order valence-electron chi connectivity index (χ3n) is 2.12. The van der Waals surface area contributed by atoms with Crippen molar-refractivity contribution in [1.82, 2.24) is 4.98 Å². The van der Waals surface area contributed by atoms with Crippen LogP contribution in [0.4, 0.5) is 0 Å². The van der Waals surface area contributed by atoms with Gasteiger partial charge < -0.3 is 4.74 Å². The summed E-state index contributed by atoms with van der Waals surface area (Å²) in [6.07, 6.45) is 1.77. The lowest BCUT2D eigenvalue weighted by molar-refractivity contribution is 0.416. The van der Waals surface area contributed by atoms with Crippen molar-refractivity contribution in [2.24, 2.45) is 0 Å². The molecule has 0 amide bonds. The van der Waals surface area contributed by atoms with Gasteiger partial charge in [0.15, 0.2) is 0 Å². The molecule has 15 heavy (non-hydrogen) atoms. The molecule has 0 atom stereocenters. The molecule has 0 saturated carbocycles. The number of aromatic nitrogens is 1. The van der Waals surface area contributed by atoms with Crippen LogP contribution in [0.2, 0.25) is 0 Å². The quantitative estimate of drug-likeness (QED) is 0.827. The van der Waals surface area contributed by atoms with E-state index in [0.717, 1.165) is 21.5 Å². The van der Waals surface area contributed by atoms with Crippen LogP contribution < -0.4 is 4.74 Å². The summed E-state index contributed by atoms with van der Waals surface area (Å²) < 4.78 is 6.30. The van der Waals surface area contributed by atoms with Crippen molar-refractivity contribution in [3.63, 3.8) is 0 Å². The highest BCUT2D eigenvalue weighted by molar-refractivity contribution is 9.10. The number of nitrogens with zero attached hydrogens (tertiary/aromatic N) is 1. The number of methoxy groups -OCH3 is 1. The monoisotopic (exact) mass is 263 g/mol. The Labute approximate surface area is 97.1 Å². The van der Waals surface area contributed by atoms with E-state index in [1.165, 1.54) is 0 Å². The van der Waals surface area contributed by atoms with Gasteiger partial charge in [0.05, 0.1) is 18.4 Å². The van der Waals surface area contributed by atoms with Crippen molar-refractivity contribution in [3.05, 3.63) is 47.1 Å². The van der Waals surface area contributed by atoms with Gasteiger partial charge in [-0.15, -0.1) is 0 Å². The van der Waals surface area contributed by atoms with Gasteiger partial charge in [-0.05, 0) is 40.2 Å². The highest BCUT2D eigenvalue weighted by Crippen LogP contribution is 2.34. The fraction of sp³-hybridized carbons (Fsp3) is 0.0833. The average molecular weight is 264 g/mol. The maximum absolute atomic E-state index is 5.31. The zero-order valence-electron chi connectivity index (χ0n) is 8.27. The molecule has 76 valence electrons. The third-order valence-corrected chi connectivity index (χ3v) is 2.78. The molecule has 2 rings (SSSR count). The highest BCUT2D eigenvalue weighted by atomic mass is 79.9. The summed E-state index contributed by atoms with van der Waals surface area (Å²) in [7, 11) is 1.66. The first-order valence-corrected chi connectivity index (χ1v) is 5.36. The van der Waals surface area contributed by atoms with Crippen LogP contribution in [0.5, 0.6) is 5.75 Å². The van der Waals surface area contributed by atoms with E-state index in [-0.39, 0.29) is 0 Å². The van der Waals surface area contributed by atoms with Crippen molar-refractivity contribution in [3.8, 4) is 17.0 Å². The van der Waals surface area contributed by atoms with Crippen LogP contribution >= 0.6 is 15.9 Å². The zero-order valence-corrected chi connectivity index (χ0v) is 9.86. The molecule has 0 N–H and O–H groups in total. The van der Waals surface area contributed by atoms with Crippen molar-refractivity contribution < 1.29 is 4.74 Å². The third kappa shape index (κ3) is 2.02. The molecule has 0 aliphatic rings. The van der Waals surface area contributed by atoms with Crippen LogP contribution in [0.3, 0.4) is 0 Å².